The van der Waals surface area contributed by atoms with E-state index in [1.807, 2.05) is 13.8 Å². The zero-order chi connectivity index (χ0) is 13.4. The molecule has 0 aliphatic rings. The van der Waals surface area contributed by atoms with Gasteiger partial charge in [-0.15, -0.1) is 0 Å². The van der Waals surface area contributed by atoms with E-state index in [4.69, 9.17) is 4.74 Å². The van der Waals surface area contributed by atoms with E-state index >= 15 is 0 Å². The van der Waals surface area contributed by atoms with E-state index in [1.54, 1.807) is 13.1 Å². The SMILES string of the molecule is CCNc1ncc(C)c(NCCC(=O)OCC)n1. The summed E-state index contributed by atoms with van der Waals surface area (Å²) in [6.45, 7) is 7.38. The Morgan fingerprint density at radius 1 is 1.39 bits per heavy atom. The molecule has 6 nitrogen and oxygen atoms in total. The first-order chi connectivity index (χ1) is 8.67. The highest BCUT2D eigenvalue weighted by molar-refractivity contribution is 5.70. The molecular formula is C12H20N4O2. The van der Waals surface area contributed by atoms with Gasteiger partial charge in [0.15, 0.2) is 0 Å². The predicted octanol–water partition coefficient (Wildman–Crippen LogP) is 1.58. The molecule has 2 N–H and O–H groups in total. The van der Waals surface area contributed by atoms with Crippen molar-refractivity contribution in [3.05, 3.63) is 11.8 Å². The Bertz CT molecular complexity index is 396. The van der Waals surface area contributed by atoms with Crippen LogP contribution in [0.15, 0.2) is 6.20 Å². The molecule has 1 aromatic heterocycles. The Morgan fingerprint density at radius 3 is 2.83 bits per heavy atom. The summed E-state index contributed by atoms with van der Waals surface area (Å²) in [7, 11) is 0. The molecule has 6 heteroatoms. The number of nitrogens with one attached hydrogen (secondary N) is 2. The van der Waals surface area contributed by atoms with Crippen LogP contribution in [-0.4, -0.2) is 35.6 Å². The Hall–Kier alpha value is -1.85. The smallest absolute Gasteiger partial charge is 0.307 e. The van der Waals surface area contributed by atoms with E-state index in [1.165, 1.54) is 0 Å². The number of nitrogens with zero attached hydrogens (tertiary/aromatic N) is 2. The second kappa shape index (κ2) is 7.47. The molecule has 0 aliphatic carbocycles. The number of carbonyl (C=O) groups is 1. The molecule has 0 saturated carbocycles. The van der Waals surface area contributed by atoms with Crippen molar-refractivity contribution in [3.63, 3.8) is 0 Å². The number of hydrogen-bond donors (Lipinski definition) is 2. The molecule has 0 bridgehead atoms. The van der Waals surface area contributed by atoms with Gasteiger partial charge in [-0.25, -0.2) is 4.98 Å². The molecule has 0 fully saturated rings. The Balaban J connectivity index is 2.50. The Kier molecular flexibility index (Phi) is 5.90. The van der Waals surface area contributed by atoms with Crippen LogP contribution in [0, 0.1) is 6.92 Å². The maximum Gasteiger partial charge on any atom is 0.307 e. The van der Waals surface area contributed by atoms with Crippen LogP contribution in [0.25, 0.3) is 0 Å². The van der Waals surface area contributed by atoms with E-state index in [0.29, 0.717) is 25.5 Å². The average molecular weight is 252 g/mol. The third kappa shape index (κ3) is 4.57. The minimum Gasteiger partial charge on any atom is -0.466 e. The lowest BCUT2D eigenvalue weighted by molar-refractivity contribution is -0.142. The quantitative estimate of drug-likeness (QED) is 0.718. The Labute approximate surface area is 107 Å². The van der Waals surface area contributed by atoms with Gasteiger partial charge in [0, 0.05) is 24.8 Å². The lowest BCUT2D eigenvalue weighted by atomic mass is 10.3. The lowest BCUT2D eigenvalue weighted by Gasteiger charge is -2.09. The van der Waals surface area contributed by atoms with E-state index in [9.17, 15) is 4.79 Å². The van der Waals surface area contributed by atoms with Gasteiger partial charge in [0.05, 0.1) is 13.0 Å². The fourth-order valence-electron chi connectivity index (χ4n) is 1.38. The summed E-state index contributed by atoms with van der Waals surface area (Å²) < 4.78 is 4.85. The summed E-state index contributed by atoms with van der Waals surface area (Å²) in [5.41, 5.74) is 0.945. The molecule has 1 heterocycles. The van der Waals surface area contributed by atoms with Gasteiger partial charge in [-0.2, -0.15) is 4.98 Å². The van der Waals surface area contributed by atoms with E-state index in [0.717, 1.165) is 17.9 Å². The monoisotopic (exact) mass is 252 g/mol. The number of anilines is 2. The molecule has 0 amide bonds. The number of rotatable bonds is 7. The maximum atomic E-state index is 11.2. The first kappa shape index (κ1) is 14.2. The van der Waals surface area contributed by atoms with Gasteiger partial charge in [0.25, 0.3) is 0 Å². The van der Waals surface area contributed by atoms with Crippen molar-refractivity contribution in [3.8, 4) is 0 Å². The molecule has 0 aromatic carbocycles. The van der Waals surface area contributed by atoms with Crippen LogP contribution >= 0.6 is 0 Å². The van der Waals surface area contributed by atoms with Crippen molar-refractivity contribution in [1.29, 1.82) is 0 Å². The van der Waals surface area contributed by atoms with Crippen LogP contribution < -0.4 is 10.6 Å². The summed E-state index contributed by atoms with van der Waals surface area (Å²) in [6, 6.07) is 0. The summed E-state index contributed by atoms with van der Waals surface area (Å²) >= 11 is 0. The third-order valence-corrected chi connectivity index (χ3v) is 2.23. The molecule has 0 unspecified atom stereocenters. The van der Waals surface area contributed by atoms with Gasteiger partial charge in [0.1, 0.15) is 5.82 Å². The first-order valence-electron chi connectivity index (χ1n) is 6.14. The third-order valence-electron chi connectivity index (χ3n) is 2.23. The zero-order valence-corrected chi connectivity index (χ0v) is 11.1. The van der Waals surface area contributed by atoms with Crippen LogP contribution in [-0.2, 0) is 9.53 Å². The van der Waals surface area contributed by atoms with Gasteiger partial charge < -0.3 is 15.4 Å². The number of carbonyl (C=O) groups excluding carboxylic acids is 1. The van der Waals surface area contributed by atoms with Gasteiger partial charge in [-0.3, -0.25) is 4.79 Å². The summed E-state index contributed by atoms with van der Waals surface area (Å²) in [5.74, 6) is 1.12. The van der Waals surface area contributed by atoms with E-state index in [2.05, 4.69) is 20.6 Å². The van der Waals surface area contributed by atoms with Crippen molar-refractivity contribution < 1.29 is 9.53 Å². The number of aromatic nitrogens is 2. The van der Waals surface area contributed by atoms with E-state index < -0.39 is 0 Å². The largest absolute Gasteiger partial charge is 0.466 e. The predicted molar refractivity (Wildman–Crippen MR) is 70.7 cm³/mol. The van der Waals surface area contributed by atoms with Gasteiger partial charge in [0.2, 0.25) is 5.95 Å². The molecule has 0 radical (unpaired) electrons. The van der Waals surface area contributed by atoms with Crippen molar-refractivity contribution in [2.24, 2.45) is 0 Å². The van der Waals surface area contributed by atoms with Crippen LogP contribution in [0.5, 0.6) is 0 Å². The first-order valence-corrected chi connectivity index (χ1v) is 6.14. The molecule has 0 spiro atoms. The molecule has 0 aliphatic heterocycles. The van der Waals surface area contributed by atoms with Crippen molar-refractivity contribution >= 4 is 17.7 Å². The highest BCUT2D eigenvalue weighted by Gasteiger charge is 2.05. The summed E-state index contributed by atoms with van der Waals surface area (Å²) in [6.07, 6.45) is 2.07. The van der Waals surface area contributed by atoms with Crippen molar-refractivity contribution in [2.75, 3.05) is 30.3 Å². The zero-order valence-electron chi connectivity index (χ0n) is 11.1. The van der Waals surface area contributed by atoms with Gasteiger partial charge in [-0.05, 0) is 20.8 Å². The second-order valence-corrected chi connectivity index (χ2v) is 3.74. The van der Waals surface area contributed by atoms with E-state index in [-0.39, 0.29) is 5.97 Å². The number of hydrogen-bond acceptors (Lipinski definition) is 6. The topological polar surface area (TPSA) is 76.1 Å². The minimum absolute atomic E-state index is 0.205. The minimum atomic E-state index is -0.205. The molecule has 1 aromatic rings. The number of esters is 1. The molecular weight excluding hydrogens is 232 g/mol. The van der Waals surface area contributed by atoms with Crippen LogP contribution in [0.1, 0.15) is 25.8 Å². The van der Waals surface area contributed by atoms with Crippen molar-refractivity contribution in [2.45, 2.75) is 27.2 Å². The highest BCUT2D eigenvalue weighted by Crippen LogP contribution is 2.12. The fraction of sp³-hybridized carbons (Fsp3) is 0.583. The van der Waals surface area contributed by atoms with Crippen LogP contribution in [0.2, 0.25) is 0 Å². The number of aryl methyl sites for hydroxylation is 1. The van der Waals surface area contributed by atoms with Crippen molar-refractivity contribution in [1.82, 2.24) is 9.97 Å². The lowest BCUT2D eigenvalue weighted by Crippen LogP contribution is -2.13. The van der Waals surface area contributed by atoms with Gasteiger partial charge >= 0.3 is 5.97 Å². The summed E-state index contributed by atoms with van der Waals surface area (Å²) in [5, 5.41) is 6.15. The second-order valence-electron chi connectivity index (χ2n) is 3.74. The normalized spacial score (nSPS) is 9.94. The fourth-order valence-corrected chi connectivity index (χ4v) is 1.38. The molecule has 18 heavy (non-hydrogen) atoms. The number of ether oxygens (including phenoxy) is 1. The molecule has 0 atom stereocenters. The molecule has 0 saturated heterocycles. The standard InChI is InChI=1S/C12H20N4O2/c1-4-13-12-15-8-9(3)11(16-12)14-7-6-10(17)18-5-2/h8H,4-7H2,1-3H3,(H2,13,14,15,16). The van der Waals surface area contributed by atoms with Crippen LogP contribution in [0.3, 0.4) is 0 Å². The van der Waals surface area contributed by atoms with Gasteiger partial charge in [-0.1, -0.05) is 0 Å². The van der Waals surface area contributed by atoms with Crippen LogP contribution in [0.4, 0.5) is 11.8 Å². The maximum absolute atomic E-state index is 11.2. The highest BCUT2D eigenvalue weighted by atomic mass is 16.5. The molecule has 1 rings (SSSR count). The average Bonchev–Trinajstić information content (AvgIpc) is 2.34. The molecule has 100 valence electrons. The summed E-state index contributed by atoms with van der Waals surface area (Å²) in [4.78, 5) is 19.6. The Morgan fingerprint density at radius 2 is 2.17 bits per heavy atom.